The summed E-state index contributed by atoms with van der Waals surface area (Å²) in [6.45, 7) is 1.68. The van der Waals surface area contributed by atoms with Crippen LogP contribution in [0.5, 0.6) is 11.5 Å². The average molecular weight is 291 g/mol. The van der Waals surface area contributed by atoms with Crippen LogP contribution in [-0.4, -0.2) is 16.0 Å². The molecule has 0 heterocycles. The summed E-state index contributed by atoms with van der Waals surface area (Å²) < 4.78 is 18.7. The molecule has 7 heteroatoms. The van der Waals surface area contributed by atoms with Crippen LogP contribution in [0.15, 0.2) is 36.4 Å². The van der Waals surface area contributed by atoms with Gasteiger partial charge < -0.3 is 9.84 Å². The second-order valence-corrected chi connectivity index (χ2v) is 4.29. The lowest BCUT2D eigenvalue weighted by Gasteiger charge is -2.09. The zero-order valence-corrected chi connectivity index (χ0v) is 10.9. The second kappa shape index (κ2) is 5.58. The topological polar surface area (TPSA) is 89.7 Å². The predicted octanol–water partition coefficient (Wildman–Crippen LogP) is 3.53. The molecule has 0 bridgehead atoms. The van der Waals surface area contributed by atoms with Crippen LogP contribution >= 0.6 is 0 Å². The number of aromatic carboxylic acids is 1. The van der Waals surface area contributed by atoms with Gasteiger partial charge in [0, 0.05) is 6.07 Å². The van der Waals surface area contributed by atoms with Gasteiger partial charge in [-0.25, -0.2) is 9.18 Å². The van der Waals surface area contributed by atoms with Crippen LogP contribution in [0.25, 0.3) is 0 Å². The minimum atomic E-state index is -1.13. The highest BCUT2D eigenvalue weighted by molar-refractivity contribution is 5.88. The Kier molecular flexibility index (Phi) is 3.84. The first-order valence-electron chi connectivity index (χ1n) is 5.83. The number of carboxylic acid groups (broad SMARTS) is 1. The number of ether oxygens (including phenoxy) is 1. The fourth-order valence-corrected chi connectivity index (χ4v) is 1.68. The molecule has 2 aromatic carbocycles. The second-order valence-electron chi connectivity index (χ2n) is 4.29. The van der Waals surface area contributed by atoms with Gasteiger partial charge in [0.1, 0.15) is 17.3 Å². The maximum absolute atomic E-state index is 13.3. The molecule has 1 N–H and O–H groups in total. The molecular weight excluding hydrogens is 281 g/mol. The summed E-state index contributed by atoms with van der Waals surface area (Å²) in [5, 5.41) is 19.6. The van der Waals surface area contributed by atoms with E-state index in [1.807, 2.05) is 0 Å². The Labute approximate surface area is 118 Å². The largest absolute Gasteiger partial charge is 0.478 e. The van der Waals surface area contributed by atoms with E-state index in [-0.39, 0.29) is 17.1 Å². The first-order chi connectivity index (χ1) is 9.86. The van der Waals surface area contributed by atoms with Gasteiger partial charge in [-0.2, -0.15) is 0 Å². The number of rotatable bonds is 4. The quantitative estimate of drug-likeness (QED) is 0.687. The molecule has 0 fully saturated rings. The first-order valence-corrected chi connectivity index (χ1v) is 5.83. The van der Waals surface area contributed by atoms with E-state index in [9.17, 15) is 19.3 Å². The molecule has 0 amide bonds. The zero-order chi connectivity index (χ0) is 15.6. The zero-order valence-electron chi connectivity index (χ0n) is 10.9. The number of non-ortho nitro benzene ring substituents is 1. The van der Waals surface area contributed by atoms with Crippen LogP contribution in [0.1, 0.15) is 15.9 Å². The van der Waals surface area contributed by atoms with E-state index in [1.165, 1.54) is 18.2 Å². The Morgan fingerprint density at radius 1 is 1.29 bits per heavy atom. The van der Waals surface area contributed by atoms with Gasteiger partial charge in [0.2, 0.25) is 0 Å². The lowest BCUT2D eigenvalue weighted by atomic mass is 10.1. The summed E-state index contributed by atoms with van der Waals surface area (Å²) in [5.74, 6) is -1.83. The summed E-state index contributed by atoms with van der Waals surface area (Å²) in [5.41, 5.74) is 0.172. The van der Waals surface area contributed by atoms with Crippen molar-refractivity contribution in [1.29, 1.82) is 0 Å². The molecule has 2 rings (SSSR count). The Hall–Kier alpha value is -2.96. The monoisotopic (exact) mass is 291 g/mol. The van der Waals surface area contributed by atoms with Gasteiger partial charge in [0.15, 0.2) is 0 Å². The SMILES string of the molecule is Cc1ccc(C(=O)O)cc1Oc1cc(F)cc([N+](=O)[O-])c1. The van der Waals surface area contributed by atoms with Crippen molar-refractivity contribution >= 4 is 11.7 Å². The van der Waals surface area contributed by atoms with Crippen LogP contribution < -0.4 is 4.74 Å². The van der Waals surface area contributed by atoms with E-state index in [0.717, 1.165) is 18.2 Å². The predicted molar refractivity (Wildman–Crippen MR) is 71.3 cm³/mol. The standard InChI is InChI=1S/C14H10FNO5/c1-8-2-3-9(14(17)18)4-13(8)21-12-6-10(15)5-11(7-12)16(19)20/h2-7H,1H3,(H,17,18). The number of aryl methyl sites for hydroxylation is 1. The summed E-state index contributed by atoms with van der Waals surface area (Å²) in [7, 11) is 0. The van der Waals surface area contributed by atoms with E-state index in [4.69, 9.17) is 9.84 Å². The molecule has 0 aromatic heterocycles. The summed E-state index contributed by atoms with van der Waals surface area (Å²) in [6.07, 6.45) is 0. The van der Waals surface area contributed by atoms with Crippen molar-refractivity contribution in [3.05, 3.63) is 63.5 Å². The molecule has 0 unspecified atom stereocenters. The van der Waals surface area contributed by atoms with Gasteiger partial charge in [-0.1, -0.05) is 6.07 Å². The molecule has 0 saturated carbocycles. The molecule has 0 saturated heterocycles. The number of nitrogens with zero attached hydrogens (tertiary/aromatic N) is 1. The van der Waals surface area contributed by atoms with Crippen molar-refractivity contribution in [1.82, 2.24) is 0 Å². The molecule has 108 valence electrons. The molecule has 21 heavy (non-hydrogen) atoms. The number of hydrogen-bond acceptors (Lipinski definition) is 4. The number of carbonyl (C=O) groups is 1. The minimum Gasteiger partial charge on any atom is -0.478 e. The van der Waals surface area contributed by atoms with Gasteiger partial charge in [0.25, 0.3) is 5.69 Å². The fourth-order valence-electron chi connectivity index (χ4n) is 1.68. The van der Waals surface area contributed by atoms with Crippen LogP contribution in [0, 0.1) is 22.9 Å². The van der Waals surface area contributed by atoms with Crippen LogP contribution in [0.4, 0.5) is 10.1 Å². The van der Waals surface area contributed by atoms with Crippen molar-refractivity contribution in [3.8, 4) is 11.5 Å². The van der Waals surface area contributed by atoms with Crippen molar-refractivity contribution in [2.24, 2.45) is 0 Å². The van der Waals surface area contributed by atoms with Gasteiger partial charge >= 0.3 is 5.97 Å². The van der Waals surface area contributed by atoms with Crippen LogP contribution in [0.2, 0.25) is 0 Å². The fraction of sp³-hybridized carbons (Fsp3) is 0.0714. The van der Waals surface area contributed by atoms with Gasteiger partial charge in [-0.15, -0.1) is 0 Å². The Morgan fingerprint density at radius 2 is 2.00 bits per heavy atom. The molecule has 0 atom stereocenters. The van der Waals surface area contributed by atoms with E-state index >= 15 is 0 Å². The van der Waals surface area contributed by atoms with Crippen molar-refractivity contribution in [2.75, 3.05) is 0 Å². The lowest BCUT2D eigenvalue weighted by Crippen LogP contribution is -1.98. The Balaban J connectivity index is 2.40. The molecule has 0 spiro atoms. The Bertz CT molecular complexity index is 729. The molecule has 0 aliphatic carbocycles. The van der Waals surface area contributed by atoms with Crippen LogP contribution in [0.3, 0.4) is 0 Å². The van der Waals surface area contributed by atoms with Crippen molar-refractivity contribution in [3.63, 3.8) is 0 Å². The van der Waals surface area contributed by atoms with E-state index in [1.54, 1.807) is 6.92 Å². The Morgan fingerprint density at radius 3 is 2.62 bits per heavy atom. The third-order valence-electron chi connectivity index (χ3n) is 2.73. The first kappa shape index (κ1) is 14.4. The van der Waals surface area contributed by atoms with E-state index < -0.39 is 22.4 Å². The maximum Gasteiger partial charge on any atom is 0.335 e. The summed E-state index contributed by atoms with van der Waals surface area (Å²) in [4.78, 5) is 20.8. The number of carboxylic acids is 1. The number of nitro groups is 1. The number of hydrogen-bond donors (Lipinski definition) is 1. The highest BCUT2D eigenvalue weighted by Gasteiger charge is 2.13. The van der Waals surface area contributed by atoms with E-state index in [0.29, 0.717) is 5.56 Å². The number of nitro benzene ring substituents is 1. The maximum atomic E-state index is 13.3. The third kappa shape index (κ3) is 3.33. The molecule has 0 aliphatic heterocycles. The van der Waals surface area contributed by atoms with Crippen LogP contribution in [-0.2, 0) is 0 Å². The normalized spacial score (nSPS) is 10.2. The summed E-state index contributed by atoms with van der Waals surface area (Å²) in [6, 6.07) is 7.03. The molecular formula is C14H10FNO5. The highest BCUT2D eigenvalue weighted by Crippen LogP contribution is 2.29. The van der Waals surface area contributed by atoms with Crippen molar-refractivity contribution in [2.45, 2.75) is 6.92 Å². The number of benzene rings is 2. The molecule has 6 nitrogen and oxygen atoms in total. The summed E-state index contributed by atoms with van der Waals surface area (Å²) >= 11 is 0. The van der Waals surface area contributed by atoms with Gasteiger partial charge in [-0.05, 0) is 24.6 Å². The van der Waals surface area contributed by atoms with Crippen molar-refractivity contribution < 1.29 is 24.0 Å². The smallest absolute Gasteiger partial charge is 0.335 e. The highest BCUT2D eigenvalue weighted by atomic mass is 19.1. The lowest BCUT2D eigenvalue weighted by molar-refractivity contribution is -0.385. The van der Waals surface area contributed by atoms with E-state index in [2.05, 4.69) is 0 Å². The van der Waals surface area contributed by atoms with Gasteiger partial charge in [-0.3, -0.25) is 10.1 Å². The minimum absolute atomic E-state index is 0.00139. The average Bonchev–Trinajstić information content (AvgIpc) is 2.40. The molecule has 0 aliphatic rings. The number of halogens is 1. The molecule has 2 aromatic rings. The third-order valence-corrected chi connectivity index (χ3v) is 2.73. The van der Waals surface area contributed by atoms with Gasteiger partial charge in [0.05, 0.1) is 22.6 Å². The molecule has 0 radical (unpaired) electrons.